The number of rotatable bonds is 5. The SMILES string of the molecule is CC1(C)OC[C@H]2OC(Oc3c4c(c(-c5ccc6c(c5)OCO6)c5cc(CO)c(CO)cc35)C(=O)OC4)[C@H](O)[C@@H](O)[C@H]2O1. The highest BCUT2D eigenvalue weighted by atomic mass is 16.8. The molecule has 5 atom stereocenters. The zero-order valence-electron chi connectivity index (χ0n) is 22.9. The fourth-order valence-electron chi connectivity index (χ4n) is 6.04. The summed E-state index contributed by atoms with van der Waals surface area (Å²) in [5.74, 6) is -0.286. The molecule has 222 valence electrons. The smallest absolute Gasteiger partial charge is 0.339 e. The van der Waals surface area contributed by atoms with Gasteiger partial charge in [0.15, 0.2) is 17.3 Å². The molecule has 4 N–H and O–H groups in total. The maximum atomic E-state index is 13.2. The van der Waals surface area contributed by atoms with Crippen LogP contribution in [-0.4, -0.2) is 76.3 Å². The lowest BCUT2D eigenvalue weighted by atomic mass is 9.87. The zero-order chi connectivity index (χ0) is 29.3. The molecule has 7 rings (SSSR count). The number of fused-ring (bicyclic) bond motifs is 4. The molecule has 2 saturated heterocycles. The lowest BCUT2D eigenvalue weighted by Crippen LogP contribution is -2.65. The minimum Gasteiger partial charge on any atom is -0.461 e. The fraction of sp³-hybridized carbons (Fsp3) is 0.433. The van der Waals surface area contributed by atoms with Gasteiger partial charge < -0.3 is 53.6 Å². The molecule has 3 aromatic carbocycles. The summed E-state index contributed by atoms with van der Waals surface area (Å²) in [5.41, 5.74) is 2.71. The van der Waals surface area contributed by atoms with Gasteiger partial charge in [-0.25, -0.2) is 4.79 Å². The van der Waals surface area contributed by atoms with Gasteiger partial charge in [0.05, 0.1) is 25.4 Å². The number of carbonyl (C=O) groups excluding carboxylic acids is 1. The number of aliphatic hydroxyl groups excluding tert-OH is 4. The Morgan fingerprint density at radius 3 is 2.43 bits per heavy atom. The average Bonchev–Trinajstić information content (AvgIpc) is 3.61. The Labute approximate surface area is 239 Å². The van der Waals surface area contributed by atoms with Crippen molar-refractivity contribution in [1.82, 2.24) is 0 Å². The lowest BCUT2D eigenvalue weighted by molar-refractivity contribution is -0.373. The van der Waals surface area contributed by atoms with Gasteiger partial charge >= 0.3 is 5.97 Å². The first-order valence-corrected chi connectivity index (χ1v) is 13.6. The van der Waals surface area contributed by atoms with E-state index in [0.29, 0.717) is 50.1 Å². The van der Waals surface area contributed by atoms with Crippen LogP contribution in [0, 0.1) is 0 Å². The van der Waals surface area contributed by atoms with Gasteiger partial charge in [-0.05, 0) is 60.2 Å². The van der Waals surface area contributed by atoms with Crippen molar-refractivity contribution in [3.63, 3.8) is 0 Å². The van der Waals surface area contributed by atoms with Gasteiger partial charge in [0.25, 0.3) is 0 Å². The van der Waals surface area contributed by atoms with Crippen molar-refractivity contribution in [1.29, 1.82) is 0 Å². The Morgan fingerprint density at radius 1 is 0.929 bits per heavy atom. The van der Waals surface area contributed by atoms with Gasteiger partial charge in [0.1, 0.15) is 36.8 Å². The molecule has 4 heterocycles. The van der Waals surface area contributed by atoms with Crippen LogP contribution in [0.15, 0.2) is 30.3 Å². The van der Waals surface area contributed by atoms with Gasteiger partial charge in [-0.2, -0.15) is 0 Å². The van der Waals surface area contributed by atoms with Crippen molar-refractivity contribution in [2.75, 3.05) is 13.4 Å². The molecule has 42 heavy (non-hydrogen) atoms. The lowest BCUT2D eigenvalue weighted by Gasteiger charge is -2.48. The summed E-state index contributed by atoms with van der Waals surface area (Å²) in [5, 5.41) is 43.3. The highest BCUT2D eigenvalue weighted by molar-refractivity contribution is 6.13. The first-order valence-electron chi connectivity index (χ1n) is 13.6. The van der Waals surface area contributed by atoms with Crippen molar-refractivity contribution in [2.45, 2.75) is 70.2 Å². The second-order valence-electron chi connectivity index (χ2n) is 11.1. The predicted molar refractivity (Wildman–Crippen MR) is 143 cm³/mol. The van der Waals surface area contributed by atoms with E-state index in [1.54, 1.807) is 44.2 Å². The Kier molecular flexibility index (Phi) is 6.55. The van der Waals surface area contributed by atoms with Gasteiger partial charge in [-0.3, -0.25) is 0 Å². The van der Waals surface area contributed by atoms with Crippen molar-refractivity contribution in [3.8, 4) is 28.4 Å². The fourth-order valence-corrected chi connectivity index (χ4v) is 6.04. The average molecular weight is 583 g/mol. The topological polar surface area (TPSA) is 163 Å². The third kappa shape index (κ3) is 4.30. The normalized spacial score (nSPS) is 27.5. The standard InChI is InChI=1S/C30H30O12/c1-30(2)39-11-21-27(42-30)24(33)25(34)29(40-21)41-26-17-6-15(9-32)14(8-31)5-16(17)22(23-18(26)10-36-28(23)35)13-3-4-19-20(7-13)38-12-37-19/h3-7,21,24-25,27,29,31-34H,8-12H2,1-2H3/t21-,24-,25-,27+,29?/m1/s1. The summed E-state index contributed by atoms with van der Waals surface area (Å²) >= 11 is 0. The Hall–Kier alpha value is -3.49. The van der Waals surface area contributed by atoms with Gasteiger partial charge in [-0.1, -0.05) is 6.07 Å². The first-order chi connectivity index (χ1) is 20.2. The van der Waals surface area contributed by atoms with Crippen LogP contribution >= 0.6 is 0 Å². The largest absolute Gasteiger partial charge is 0.461 e. The molecular weight excluding hydrogens is 552 g/mol. The van der Waals surface area contributed by atoms with E-state index >= 15 is 0 Å². The van der Waals surface area contributed by atoms with Crippen LogP contribution in [0.2, 0.25) is 0 Å². The second-order valence-corrected chi connectivity index (χ2v) is 11.1. The highest BCUT2D eigenvalue weighted by Gasteiger charge is 2.51. The number of cyclic esters (lactones) is 1. The third-order valence-electron chi connectivity index (χ3n) is 8.12. The Morgan fingerprint density at radius 2 is 1.67 bits per heavy atom. The van der Waals surface area contributed by atoms with E-state index in [1.807, 2.05) is 0 Å². The molecular formula is C30H30O12. The van der Waals surface area contributed by atoms with E-state index in [1.165, 1.54) is 0 Å². The van der Waals surface area contributed by atoms with E-state index in [9.17, 15) is 25.2 Å². The molecule has 12 nitrogen and oxygen atoms in total. The van der Waals surface area contributed by atoms with Gasteiger partial charge in [0, 0.05) is 16.5 Å². The summed E-state index contributed by atoms with van der Waals surface area (Å²) < 4.78 is 40.4. The molecule has 3 aromatic rings. The van der Waals surface area contributed by atoms with Crippen LogP contribution in [-0.2, 0) is 38.8 Å². The number of aliphatic hydroxyl groups is 4. The quantitative estimate of drug-likeness (QED) is 0.324. The van der Waals surface area contributed by atoms with Gasteiger partial charge in [0.2, 0.25) is 13.1 Å². The van der Waals surface area contributed by atoms with Crippen LogP contribution in [0.5, 0.6) is 17.2 Å². The van der Waals surface area contributed by atoms with Crippen LogP contribution < -0.4 is 14.2 Å². The zero-order valence-corrected chi connectivity index (χ0v) is 22.9. The van der Waals surface area contributed by atoms with Crippen LogP contribution in [0.4, 0.5) is 0 Å². The molecule has 4 aliphatic rings. The second kappa shape index (κ2) is 10.1. The molecule has 2 fully saturated rings. The summed E-state index contributed by atoms with van der Waals surface area (Å²) in [6.45, 7) is 2.74. The summed E-state index contributed by atoms with van der Waals surface area (Å²) in [6.07, 6.45) is -5.80. The van der Waals surface area contributed by atoms with Gasteiger partial charge in [-0.15, -0.1) is 0 Å². The maximum absolute atomic E-state index is 13.2. The van der Waals surface area contributed by atoms with Crippen molar-refractivity contribution < 1.29 is 58.4 Å². The van der Waals surface area contributed by atoms with Crippen molar-refractivity contribution in [3.05, 3.63) is 52.6 Å². The minimum absolute atomic E-state index is 0.0754. The molecule has 12 heteroatoms. The molecule has 0 aromatic heterocycles. The molecule has 0 spiro atoms. The van der Waals surface area contributed by atoms with E-state index < -0.39 is 42.5 Å². The first kappa shape index (κ1) is 27.3. The summed E-state index contributed by atoms with van der Waals surface area (Å²) in [6, 6.07) is 8.65. The Balaban J connectivity index is 1.39. The minimum atomic E-state index is -1.51. The molecule has 4 aliphatic heterocycles. The van der Waals surface area contributed by atoms with E-state index in [2.05, 4.69) is 0 Å². The number of esters is 1. The highest BCUT2D eigenvalue weighted by Crippen LogP contribution is 2.48. The van der Waals surface area contributed by atoms with E-state index in [4.69, 9.17) is 33.2 Å². The third-order valence-corrected chi connectivity index (χ3v) is 8.12. The number of ether oxygens (including phenoxy) is 7. The van der Waals surface area contributed by atoms with Crippen LogP contribution in [0.1, 0.15) is 40.9 Å². The summed E-state index contributed by atoms with van der Waals surface area (Å²) in [7, 11) is 0. The summed E-state index contributed by atoms with van der Waals surface area (Å²) in [4.78, 5) is 13.2. The Bertz CT molecular complexity index is 1580. The van der Waals surface area contributed by atoms with Crippen LogP contribution in [0.25, 0.3) is 21.9 Å². The molecule has 0 saturated carbocycles. The van der Waals surface area contributed by atoms with Crippen LogP contribution in [0.3, 0.4) is 0 Å². The molecule has 0 aliphatic carbocycles. The molecule has 0 radical (unpaired) electrons. The van der Waals surface area contributed by atoms with E-state index in [0.717, 1.165) is 0 Å². The number of hydrogen-bond donors (Lipinski definition) is 4. The predicted octanol–water partition coefficient (Wildman–Crippen LogP) is 1.87. The maximum Gasteiger partial charge on any atom is 0.339 e. The monoisotopic (exact) mass is 582 g/mol. The van der Waals surface area contributed by atoms with Crippen molar-refractivity contribution in [2.24, 2.45) is 0 Å². The van der Waals surface area contributed by atoms with E-state index in [-0.39, 0.29) is 44.5 Å². The molecule has 0 bridgehead atoms. The number of carbonyl (C=O) groups is 1. The number of benzene rings is 3. The molecule has 0 amide bonds. The molecule has 1 unspecified atom stereocenters. The number of hydrogen-bond acceptors (Lipinski definition) is 12. The van der Waals surface area contributed by atoms with Crippen molar-refractivity contribution >= 4 is 16.7 Å².